The number of allylic oxidation sites excluding steroid dienone is 1. The first-order valence-electron chi connectivity index (χ1n) is 11.9. The Bertz CT molecular complexity index is 1490. The second-order valence-corrected chi connectivity index (χ2v) is 9.34. The normalized spacial score (nSPS) is 12.6. The first-order chi connectivity index (χ1) is 17.9. The molecule has 0 spiro atoms. The number of nitriles is 1. The van der Waals surface area contributed by atoms with Crippen LogP contribution in [0, 0.1) is 23.0 Å². The van der Waals surface area contributed by atoms with Gasteiger partial charge >= 0.3 is 0 Å². The van der Waals surface area contributed by atoms with E-state index in [4.69, 9.17) is 21.8 Å². The molecule has 3 aromatic carbocycles. The van der Waals surface area contributed by atoms with Crippen molar-refractivity contribution in [2.24, 2.45) is 0 Å². The van der Waals surface area contributed by atoms with E-state index in [0.717, 1.165) is 42.0 Å². The lowest BCUT2D eigenvalue weighted by molar-refractivity contribution is 0.267. The Balaban J connectivity index is 1.38. The minimum absolute atomic E-state index is 0.0507. The minimum Gasteiger partial charge on any atom is -0.366 e. The van der Waals surface area contributed by atoms with Crippen LogP contribution in [-0.4, -0.2) is 21.0 Å². The molecule has 1 aliphatic heterocycles. The Morgan fingerprint density at radius 2 is 1.81 bits per heavy atom. The molecule has 0 amide bonds. The summed E-state index contributed by atoms with van der Waals surface area (Å²) in [6, 6.07) is 20.5. The molecule has 37 heavy (non-hydrogen) atoms. The lowest BCUT2D eigenvalue weighted by atomic mass is 10.1. The quantitative estimate of drug-likeness (QED) is 0.286. The van der Waals surface area contributed by atoms with Crippen LogP contribution in [-0.2, 0) is 19.5 Å². The molecule has 5 rings (SSSR count). The molecule has 186 valence electrons. The molecule has 5 nitrogen and oxygen atoms in total. The van der Waals surface area contributed by atoms with Crippen molar-refractivity contribution in [1.29, 1.82) is 5.26 Å². The van der Waals surface area contributed by atoms with E-state index in [-0.39, 0.29) is 10.8 Å². The molecule has 4 aromatic rings. The molecule has 0 fully saturated rings. The lowest BCUT2D eigenvalue weighted by Gasteiger charge is -2.32. The molecule has 0 saturated carbocycles. The molecule has 1 N–H and O–H groups in total. The van der Waals surface area contributed by atoms with E-state index in [2.05, 4.69) is 27.4 Å². The van der Waals surface area contributed by atoms with Crippen molar-refractivity contribution in [3.8, 4) is 17.3 Å². The van der Waals surface area contributed by atoms with Gasteiger partial charge in [-0.15, -0.1) is 0 Å². The van der Waals surface area contributed by atoms with Crippen molar-refractivity contribution < 1.29 is 8.78 Å². The van der Waals surface area contributed by atoms with E-state index in [9.17, 15) is 8.78 Å². The van der Waals surface area contributed by atoms with Gasteiger partial charge in [0.2, 0.25) is 0 Å². The summed E-state index contributed by atoms with van der Waals surface area (Å²) in [5.74, 6) is 0.707. The summed E-state index contributed by atoms with van der Waals surface area (Å²) in [7, 11) is 0. The van der Waals surface area contributed by atoms with Gasteiger partial charge in [0.05, 0.1) is 23.2 Å². The van der Waals surface area contributed by atoms with Gasteiger partial charge in [-0.05, 0) is 73.0 Å². The van der Waals surface area contributed by atoms with Gasteiger partial charge in [0, 0.05) is 30.0 Å². The smallest absolute Gasteiger partial charge is 0.143 e. The fourth-order valence-electron chi connectivity index (χ4n) is 4.44. The third kappa shape index (κ3) is 5.35. The van der Waals surface area contributed by atoms with Crippen molar-refractivity contribution >= 4 is 23.1 Å². The minimum atomic E-state index is -0.516. The highest BCUT2D eigenvalue weighted by Crippen LogP contribution is 2.34. The predicted molar refractivity (Wildman–Crippen MR) is 141 cm³/mol. The summed E-state index contributed by atoms with van der Waals surface area (Å²) in [4.78, 5) is 7.12. The number of nitrogens with zero attached hydrogens (tertiary/aromatic N) is 4. The van der Waals surface area contributed by atoms with Crippen molar-refractivity contribution in [2.75, 3.05) is 11.9 Å². The largest absolute Gasteiger partial charge is 0.366 e. The van der Waals surface area contributed by atoms with E-state index in [1.807, 2.05) is 24.3 Å². The first kappa shape index (κ1) is 24.5. The fraction of sp³-hybridized carbons (Fsp3) is 0.172. The van der Waals surface area contributed by atoms with Gasteiger partial charge in [-0.1, -0.05) is 30.3 Å². The second-order valence-electron chi connectivity index (χ2n) is 8.93. The Labute approximate surface area is 219 Å². The van der Waals surface area contributed by atoms with Gasteiger partial charge in [-0.25, -0.2) is 13.8 Å². The monoisotopic (exact) mass is 515 g/mol. The maximum Gasteiger partial charge on any atom is 0.143 e. The van der Waals surface area contributed by atoms with E-state index in [0.29, 0.717) is 35.9 Å². The average molecular weight is 516 g/mol. The van der Waals surface area contributed by atoms with Crippen molar-refractivity contribution in [1.82, 2.24) is 14.5 Å². The maximum absolute atomic E-state index is 14.1. The highest BCUT2D eigenvalue weighted by atomic mass is 35.5. The molecule has 8 heteroatoms. The second kappa shape index (κ2) is 10.5. The highest BCUT2D eigenvalue weighted by Gasteiger charge is 2.25. The number of anilines is 2. The number of hydrogen-bond acceptors (Lipinski definition) is 4. The van der Waals surface area contributed by atoms with E-state index >= 15 is 0 Å². The molecule has 0 aliphatic carbocycles. The van der Waals surface area contributed by atoms with Crippen LogP contribution in [0.2, 0.25) is 5.02 Å². The molecule has 0 radical (unpaired) electrons. The first-order valence-corrected chi connectivity index (χ1v) is 12.3. The average Bonchev–Trinajstić information content (AvgIpc) is 3.27. The highest BCUT2D eigenvalue weighted by molar-refractivity contribution is 6.30. The predicted octanol–water partition coefficient (Wildman–Crippen LogP) is 7.06. The summed E-state index contributed by atoms with van der Waals surface area (Å²) in [5.41, 5.74) is 4.77. The summed E-state index contributed by atoms with van der Waals surface area (Å²) >= 11 is 5.86. The van der Waals surface area contributed by atoms with Gasteiger partial charge in [-0.2, -0.15) is 5.26 Å². The Morgan fingerprint density at radius 1 is 1.05 bits per heavy atom. The van der Waals surface area contributed by atoms with Crippen LogP contribution in [0.15, 0.2) is 79.0 Å². The van der Waals surface area contributed by atoms with E-state index in [1.54, 1.807) is 18.2 Å². The number of aromatic nitrogens is 2. The third-order valence-corrected chi connectivity index (χ3v) is 6.81. The molecule has 2 heterocycles. The summed E-state index contributed by atoms with van der Waals surface area (Å²) in [5, 5.41) is 12.3. The Hall–Kier alpha value is -4.15. The topological polar surface area (TPSA) is 56.9 Å². The lowest BCUT2D eigenvalue weighted by Crippen LogP contribution is -2.33. The van der Waals surface area contributed by atoms with Crippen molar-refractivity contribution in [3.63, 3.8) is 0 Å². The zero-order valence-electron chi connectivity index (χ0n) is 20.0. The number of benzene rings is 3. The number of halogens is 3. The molecule has 1 aromatic heterocycles. The van der Waals surface area contributed by atoms with Crippen LogP contribution in [0.4, 0.5) is 20.3 Å². The molecule has 0 bridgehead atoms. The zero-order valence-corrected chi connectivity index (χ0v) is 20.8. The summed E-state index contributed by atoms with van der Waals surface area (Å²) in [6.07, 6.45) is 1.61. The fourth-order valence-corrected chi connectivity index (χ4v) is 4.56. The standard InChI is InChI=1S/C29H24ClF2N5/c1-19(2-3-20-4-6-21(17-33)7-5-20)36-14-15-37-27(18-36)35-28(22-8-10-23(31)11-9-22)29(37)34-24-12-13-25(30)26(32)16-24/h4-13,16,34H,1-3,14-15,18H2. The van der Waals surface area contributed by atoms with Crippen molar-refractivity contribution in [3.05, 3.63) is 113 Å². The van der Waals surface area contributed by atoms with Crippen LogP contribution in [0.1, 0.15) is 23.4 Å². The number of fused-ring (bicyclic) bond motifs is 1. The molecule has 0 unspecified atom stereocenters. The van der Waals surface area contributed by atoms with Gasteiger partial charge in [0.15, 0.2) is 0 Å². The zero-order chi connectivity index (χ0) is 25.9. The molecule has 1 aliphatic rings. The van der Waals surface area contributed by atoms with E-state index < -0.39 is 5.82 Å². The Kier molecular flexibility index (Phi) is 6.93. The van der Waals surface area contributed by atoms with Gasteiger partial charge in [0.25, 0.3) is 0 Å². The van der Waals surface area contributed by atoms with Crippen LogP contribution < -0.4 is 5.32 Å². The molecular weight excluding hydrogens is 492 g/mol. The van der Waals surface area contributed by atoms with E-state index in [1.165, 1.54) is 24.3 Å². The third-order valence-electron chi connectivity index (χ3n) is 6.50. The molecule has 0 atom stereocenters. The molecular formula is C29H24ClF2N5. The summed E-state index contributed by atoms with van der Waals surface area (Å²) < 4.78 is 29.8. The van der Waals surface area contributed by atoms with Crippen molar-refractivity contribution in [2.45, 2.75) is 25.9 Å². The maximum atomic E-state index is 14.1. The molecule has 0 saturated heterocycles. The Morgan fingerprint density at radius 3 is 2.51 bits per heavy atom. The number of imidazole rings is 1. The van der Waals surface area contributed by atoms with Gasteiger partial charge in [-0.3, -0.25) is 0 Å². The van der Waals surface area contributed by atoms with Crippen LogP contribution in [0.25, 0.3) is 11.3 Å². The number of nitrogens with one attached hydrogen (secondary N) is 1. The number of aryl methyl sites for hydroxylation is 1. The number of rotatable bonds is 7. The van der Waals surface area contributed by atoms with Crippen LogP contribution >= 0.6 is 11.6 Å². The summed E-state index contributed by atoms with van der Waals surface area (Å²) in [6.45, 7) is 6.26. The van der Waals surface area contributed by atoms with Gasteiger partial charge < -0.3 is 14.8 Å². The number of hydrogen-bond donors (Lipinski definition) is 1. The SMILES string of the molecule is C=C(CCc1ccc(C#N)cc1)N1CCn2c(nc(-c3ccc(F)cc3)c2Nc2ccc(Cl)c(F)c2)C1. The van der Waals surface area contributed by atoms with Crippen LogP contribution in [0.3, 0.4) is 0 Å². The van der Waals surface area contributed by atoms with Crippen LogP contribution in [0.5, 0.6) is 0 Å². The van der Waals surface area contributed by atoms with Gasteiger partial charge in [0.1, 0.15) is 29.0 Å².